The van der Waals surface area contributed by atoms with Crippen LogP contribution >= 0.6 is 11.8 Å². The van der Waals surface area contributed by atoms with Crippen molar-refractivity contribution in [2.45, 2.75) is 17.5 Å². The largest absolute Gasteiger partial charge is 0.496 e. The number of thioether (sulfide) groups is 1. The molecule has 0 saturated heterocycles. The summed E-state index contributed by atoms with van der Waals surface area (Å²) in [6.45, 7) is 0.279. The van der Waals surface area contributed by atoms with E-state index >= 15 is 0 Å². The number of fused-ring (bicyclic) bond motifs is 1. The number of para-hydroxylation sites is 2. The van der Waals surface area contributed by atoms with E-state index in [0.29, 0.717) is 33.1 Å². The zero-order valence-corrected chi connectivity index (χ0v) is 17.0. The molecule has 0 aliphatic rings. The molecular weight excluding hydrogens is 406 g/mol. The maximum absolute atomic E-state index is 13.6. The van der Waals surface area contributed by atoms with Gasteiger partial charge < -0.3 is 4.74 Å². The van der Waals surface area contributed by atoms with Crippen molar-refractivity contribution in [3.63, 3.8) is 0 Å². The predicted molar refractivity (Wildman–Crippen MR) is 114 cm³/mol. The van der Waals surface area contributed by atoms with Crippen LogP contribution in [0, 0.1) is 11.6 Å². The molecule has 4 rings (SSSR count). The summed E-state index contributed by atoms with van der Waals surface area (Å²) in [5, 5.41) is 1.01. The maximum atomic E-state index is 13.6. The average Bonchev–Trinajstić information content (AvgIpc) is 2.77. The van der Waals surface area contributed by atoms with Crippen LogP contribution in [0.1, 0.15) is 11.1 Å². The molecule has 1 aromatic heterocycles. The lowest BCUT2D eigenvalue weighted by Crippen LogP contribution is -2.24. The van der Waals surface area contributed by atoms with Gasteiger partial charge in [-0.2, -0.15) is 0 Å². The zero-order chi connectivity index (χ0) is 21.1. The van der Waals surface area contributed by atoms with Crippen molar-refractivity contribution in [2.75, 3.05) is 7.11 Å². The second-order valence-corrected chi connectivity index (χ2v) is 7.59. The Kier molecular flexibility index (Phi) is 5.81. The Balaban J connectivity index is 1.75. The Morgan fingerprint density at radius 2 is 1.77 bits per heavy atom. The number of methoxy groups -OCH3 is 1. The van der Waals surface area contributed by atoms with Gasteiger partial charge in [0.2, 0.25) is 0 Å². The second kappa shape index (κ2) is 8.67. The van der Waals surface area contributed by atoms with Crippen LogP contribution in [-0.2, 0) is 12.3 Å². The first-order valence-corrected chi connectivity index (χ1v) is 10.2. The molecule has 0 aliphatic carbocycles. The van der Waals surface area contributed by atoms with E-state index < -0.39 is 11.6 Å². The van der Waals surface area contributed by atoms with Gasteiger partial charge in [-0.15, -0.1) is 0 Å². The fourth-order valence-electron chi connectivity index (χ4n) is 3.18. The molecule has 0 atom stereocenters. The van der Waals surface area contributed by atoms with E-state index in [1.165, 1.54) is 17.8 Å². The van der Waals surface area contributed by atoms with Crippen LogP contribution in [-0.4, -0.2) is 16.7 Å². The summed E-state index contributed by atoms with van der Waals surface area (Å²) < 4.78 is 33.8. The van der Waals surface area contributed by atoms with E-state index in [0.717, 1.165) is 17.7 Å². The smallest absolute Gasteiger partial charge is 0.262 e. The van der Waals surface area contributed by atoms with Gasteiger partial charge in [-0.3, -0.25) is 9.36 Å². The third-order valence-corrected chi connectivity index (χ3v) is 5.75. The fraction of sp³-hybridized carbons (Fsp3) is 0.130. The first kappa shape index (κ1) is 20.1. The van der Waals surface area contributed by atoms with Gasteiger partial charge in [0.05, 0.1) is 24.6 Å². The van der Waals surface area contributed by atoms with E-state index in [-0.39, 0.29) is 12.1 Å². The average molecular weight is 424 g/mol. The Morgan fingerprint density at radius 3 is 2.57 bits per heavy atom. The summed E-state index contributed by atoms with van der Waals surface area (Å²) in [4.78, 5) is 17.9. The third-order valence-electron chi connectivity index (χ3n) is 4.70. The molecule has 4 nitrogen and oxygen atoms in total. The van der Waals surface area contributed by atoms with Crippen molar-refractivity contribution in [1.29, 1.82) is 0 Å². The van der Waals surface area contributed by atoms with Gasteiger partial charge in [-0.05, 0) is 35.9 Å². The zero-order valence-electron chi connectivity index (χ0n) is 16.1. The highest BCUT2D eigenvalue weighted by molar-refractivity contribution is 7.98. The van der Waals surface area contributed by atoms with Crippen LogP contribution in [0.15, 0.2) is 76.7 Å². The molecule has 0 amide bonds. The number of hydrogen-bond donors (Lipinski definition) is 0. The van der Waals surface area contributed by atoms with Crippen LogP contribution in [0.25, 0.3) is 10.9 Å². The lowest BCUT2D eigenvalue weighted by molar-refractivity contribution is 0.407. The minimum Gasteiger partial charge on any atom is -0.496 e. The molecule has 0 saturated carbocycles. The summed E-state index contributed by atoms with van der Waals surface area (Å²) in [7, 11) is 1.58. The molecule has 30 heavy (non-hydrogen) atoms. The van der Waals surface area contributed by atoms with Crippen molar-refractivity contribution in [3.05, 3.63) is 99.8 Å². The molecule has 1 heterocycles. The third kappa shape index (κ3) is 4.07. The van der Waals surface area contributed by atoms with Gasteiger partial charge in [0.25, 0.3) is 5.56 Å². The number of halogens is 2. The van der Waals surface area contributed by atoms with Crippen molar-refractivity contribution >= 4 is 22.7 Å². The Morgan fingerprint density at radius 1 is 1.00 bits per heavy atom. The van der Waals surface area contributed by atoms with Gasteiger partial charge in [0, 0.05) is 11.3 Å². The molecule has 0 fully saturated rings. The number of ether oxygens (including phenoxy) is 1. The SMILES string of the molecule is COc1ccccc1Cn1c(SCc2ccc(F)c(F)c2)nc2ccccc2c1=O. The molecule has 152 valence electrons. The van der Waals surface area contributed by atoms with Gasteiger partial charge in [-0.25, -0.2) is 13.8 Å². The summed E-state index contributed by atoms with van der Waals surface area (Å²) in [5.74, 6) is -0.769. The van der Waals surface area contributed by atoms with Gasteiger partial charge in [0.1, 0.15) is 5.75 Å². The van der Waals surface area contributed by atoms with Gasteiger partial charge in [-0.1, -0.05) is 48.2 Å². The van der Waals surface area contributed by atoms with Gasteiger partial charge >= 0.3 is 0 Å². The second-order valence-electron chi connectivity index (χ2n) is 6.65. The summed E-state index contributed by atoms with van der Waals surface area (Å²) >= 11 is 1.30. The van der Waals surface area contributed by atoms with E-state index in [9.17, 15) is 13.6 Å². The molecule has 0 unspecified atom stereocenters. The molecule has 7 heteroatoms. The lowest BCUT2D eigenvalue weighted by atomic mass is 10.2. The van der Waals surface area contributed by atoms with Crippen LogP contribution in [0.3, 0.4) is 0 Å². The number of rotatable bonds is 6. The minimum absolute atomic E-state index is 0.167. The monoisotopic (exact) mass is 424 g/mol. The van der Waals surface area contributed by atoms with E-state index in [1.807, 2.05) is 30.3 Å². The molecule has 0 radical (unpaired) electrons. The number of aromatic nitrogens is 2. The number of benzene rings is 3. The summed E-state index contributed by atoms with van der Waals surface area (Å²) in [5.41, 5.74) is 1.87. The van der Waals surface area contributed by atoms with E-state index in [4.69, 9.17) is 4.74 Å². The molecule has 0 aliphatic heterocycles. The number of hydrogen-bond acceptors (Lipinski definition) is 4. The summed E-state index contributed by atoms with van der Waals surface area (Å²) in [6.07, 6.45) is 0. The summed E-state index contributed by atoms with van der Waals surface area (Å²) in [6, 6.07) is 18.4. The highest BCUT2D eigenvalue weighted by Crippen LogP contribution is 2.25. The Labute approximate surface area is 176 Å². The quantitative estimate of drug-likeness (QED) is 0.322. The standard InChI is InChI=1S/C23H18F2N2O2S/c1-29-21-9-5-2-6-16(21)13-27-22(28)17-7-3-4-8-20(17)26-23(27)30-14-15-10-11-18(24)19(25)12-15/h2-12H,13-14H2,1H3. The normalized spacial score (nSPS) is 11.0. The molecule has 4 aromatic rings. The van der Waals surface area contributed by atoms with Gasteiger partial charge in [0.15, 0.2) is 16.8 Å². The lowest BCUT2D eigenvalue weighted by Gasteiger charge is -2.15. The Bertz CT molecular complexity index is 1270. The molecule has 0 N–H and O–H groups in total. The highest BCUT2D eigenvalue weighted by atomic mass is 32.2. The topological polar surface area (TPSA) is 44.1 Å². The fourth-order valence-corrected chi connectivity index (χ4v) is 4.12. The molecule has 3 aromatic carbocycles. The van der Waals surface area contributed by atoms with E-state index in [1.54, 1.807) is 29.9 Å². The maximum Gasteiger partial charge on any atom is 0.262 e. The van der Waals surface area contributed by atoms with Crippen molar-refractivity contribution < 1.29 is 13.5 Å². The van der Waals surface area contributed by atoms with Crippen molar-refractivity contribution in [1.82, 2.24) is 9.55 Å². The van der Waals surface area contributed by atoms with Crippen molar-refractivity contribution in [2.24, 2.45) is 0 Å². The predicted octanol–water partition coefficient (Wildman–Crippen LogP) is 5.02. The molecule has 0 bridgehead atoms. The Hall–Kier alpha value is -3.19. The molecule has 0 spiro atoms. The minimum atomic E-state index is -0.897. The van der Waals surface area contributed by atoms with Crippen LogP contribution in [0.2, 0.25) is 0 Å². The number of nitrogens with zero attached hydrogens (tertiary/aromatic N) is 2. The first-order chi connectivity index (χ1) is 14.6. The van der Waals surface area contributed by atoms with Crippen molar-refractivity contribution in [3.8, 4) is 5.75 Å². The van der Waals surface area contributed by atoms with Crippen LogP contribution in [0.5, 0.6) is 5.75 Å². The first-order valence-electron chi connectivity index (χ1n) is 9.25. The van der Waals surface area contributed by atoms with Crippen LogP contribution in [0.4, 0.5) is 8.78 Å². The molecular formula is C23H18F2N2O2S. The highest BCUT2D eigenvalue weighted by Gasteiger charge is 2.14. The van der Waals surface area contributed by atoms with E-state index in [2.05, 4.69) is 4.98 Å². The van der Waals surface area contributed by atoms with Crippen LogP contribution < -0.4 is 10.3 Å².